The number of methoxy groups -OCH3 is 1. The minimum Gasteiger partial charge on any atom is -0.383 e. The van der Waals surface area contributed by atoms with Crippen LogP contribution in [0.25, 0.3) is 0 Å². The van der Waals surface area contributed by atoms with Crippen LogP contribution in [0.5, 0.6) is 0 Å². The molecule has 1 aromatic rings. The van der Waals surface area contributed by atoms with Gasteiger partial charge in [0.1, 0.15) is 0 Å². The number of rotatable bonds is 7. The summed E-state index contributed by atoms with van der Waals surface area (Å²) in [7, 11) is 1.67. The third-order valence-corrected chi connectivity index (χ3v) is 2.70. The highest BCUT2D eigenvalue weighted by atomic mass is 16.5. The second kappa shape index (κ2) is 7.84. The van der Waals surface area contributed by atoms with Gasteiger partial charge in [-0.3, -0.25) is 4.79 Å². The highest BCUT2D eigenvalue weighted by molar-refractivity contribution is 5.95. The molecule has 0 aliphatic rings. The van der Waals surface area contributed by atoms with Crippen molar-refractivity contribution in [2.45, 2.75) is 13.8 Å². The quantitative estimate of drug-likeness (QED) is 0.717. The Hall–Kier alpha value is -1.39. The number of nitrogens with one attached hydrogen (secondary N) is 2. The van der Waals surface area contributed by atoms with Gasteiger partial charge in [-0.1, -0.05) is 17.7 Å². The van der Waals surface area contributed by atoms with Gasteiger partial charge in [0, 0.05) is 32.3 Å². The van der Waals surface area contributed by atoms with Crippen LogP contribution in [0.15, 0.2) is 18.2 Å². The van der Waals surface area contributed by atoms with Gasteiger partial charge in [0.05, 0.1) is 6.61 Å². The Morgan fingerprint density at radius 3 is 2.67 bits per heavy atom. The first-order chi connectivity index (χ1) is 8.65. The molecule has 1 aromatic carbocycles. The van der Waals surface area contributed by atoms with Gasteiger partial charge < -0.3 is 15.4 Å². The van der Waals surface area contributed by atoms with E-state index in [2.05, 4.69) is 10.6 Å². The third kappa shape index (κ3) is 4.85. The molecule has 4 nitrogen and oxygen atoms in total. The van der Waals surface area contributed by atoms with Crippen LogP contribution in [0.2, 0.25) is 0 Å². The Morgan fingerprint density at radius 1 is 1.22 bits per heavy atom. The Bertz CT molecular complexity index is 391. The van der Waals surface area contributed by atoms with Crippen molar-refractivity contribution >= 4 is 5.91 Å². The molecule has 0 heterocycles. The molecule has 4 heteroatoms. The normalized spacial score (nSPS) is 10.4. The number of ether oxygens (including phenoxy) is 1. The standard InChI is InChI=1S/C14H22N2O2/c1-11-4-5-13(12(2)10-11)14(17)16-7-6-15-8-9-18-3/h4-5,10,15H,6-9H2,1-3H3,(H,16,17). The third-order valence-electron chi connectivity index (χ3n) is 2.70. The first-order valence-corrected chi connectivity index (χ1v) is 6.20. The Labute approximate surface area is 109 Å². The zero-order chi connectivity index (χ0) is 13.4. The second-order valence-electron chi connectivity index (χ2n) is 4.32. The zero-order valence-corrected chi connectivity index (χ0v) is 11.4. The van der Waals surface area contributed by atoms with Gasteiger partial charge in [0.25, 0.3) is 5.91 Å². The summed E-state index contributed by atoms with van der Waals surface area (Å²) >= 11 is 0. The summed E-state index contributed by atoms with van der Waals surface area (Å²) in [5, 5.41) is 6.07. The summed E-state index contributed by atoms with van der Waals surface area (Å²) in [6.07, 6.45) is 0. The lowest BCUT2D eigenvalue weighted by molar-refractivity contribution is 0.0953. The van der Waals surface area contributed by atoms with E-state index in [-0.39, 0.29) is 5.91 Å². The molecule has 0 atom stereocenters. The maximum atomic E-state index is 11.9. The molecule has 0 aliphatic carbocycles. The number of benzene rings is 1. The van der Waals surface area contributed by atoms with Gasteiger partial charge in [-0.2, -0.15) is 0 Å². The second-order valence-corrected chi connectivity index (χ2v) is 4.32. The average molecular weight is 250 g/mol. The molecular weight excluding hydrogens is 228 g/mol. The lowest BCUT2D eigenvalue weighted by Crippen LogP contribution is -2.33. The van der Waals surface area contributed by atoms with Crippen molar-refractivity contribution in [1.29, 1.82) is 0 Å². The molecule has 2 N–H and O–H groups in total. The molecule has 100 valence electrons. The number of carbonyl (C=O) groups is 1. The van der Waals surface area contributed by atoms with Crippen LogP contribution in [0.3, 0.4) is 0 Å². The van der Waals surface area contributed by atoms with Crippen molar-refractivity contribution in [3.8, 4) is 0 Å². The van der Waals surface area contributed by atoms with E-state index in [4.69, 9.17) is 4.74 Å². The fraction of sp³-hybridized carbons (Fsp3) is 0.500. The number of amides is 1. The minimum atomic E-state index is -0.0129. The fourth-order valence-electron chi connectivity index (χ4n) is 1.73. The maximum absolute atomic E-state index is 11.9. The van der Waals surface area contributed by atoms with Crippen molar-refractivity contribution in [1.82, 2.24) is 10.6 Å². The van der Waals surface area contributed by atoms with Crippen molar-refractivity contribution < 1.29 is 9.53 Å². The van der Waals surface area contributed by atoms with E-state index in [9.17, 15) is 4.79 Å². The van der Waals surface area contributed by atoms with Gasteiger partial charge >= 0.3 is 0 Å². The van der Waals surface area contributed by atoms with Crippen molar-refractivity contribution in [2.24, 2.45) is 0 Å². The molecular formula is C14H22N2O2. The predicted molar refractivity (Wildman–Crippen MR) is 73.0 cm³/mol. The molecule has 0 bridgehead atoms. The minimum absolute atomic E-state index is 0.0129. The largest absolute Gasteiger partial charge is 0.383 e. The van der Waals surface area contributed by atoms with Crippen LogP contribution in [-0.2, 0) is 4.74 Å². The molecule has 18 heavy (non-hydrogen) atoms. The monoisotopic (exact) mass is 250 g/mol. The highest BCUT2D eigenvalue weighted by Crippen LogP contribution is 2.09. The molecule has 0 fully saturated rings. The van der Waals surface area contributed by atoms with Crippen LogP contribution in [0.1, 0.15) is 21.5 Å². The van der Waals surface area contributed by atoms with Crippen molar-refractivity contribution in [3.63, 3.8) is 0 Å². The van der Waals surface area contributed by atoms with Crippen LogP contribution >= 0.6 is 0 Å². The Morgan fingerprint density at radius 2 is 2.00 bits per heavy atom. The number of hydrogen-bond donors (Lipinski definition) is 2. The Kier molecular flexibility index (Phi) is 6.39. The lowest BCUT2D eigenvalue weighted by atomic mass is 10.1. The van der Waals surface area contributed by atoms with E-state index in [1.807, 2.05) is 32.0 Å². The fourth-order valence-corrected chi connectivity index (χ4v) is 1.73. The molecule has 1 rings (SSSR count). The zero-order valence-electron chi connectivity index (χ0n) is 11.4. The molecule has 0 radical (unpaired) electrons. The summed E-state index contributed by atoms with van der Waals surface area (Å²) in [5.41, 5.74) is 2.93. The number of hydrogen-bond acceptors (Lipinski definition) is 3. The SMILES string of the molecule is COCCNCCNC(=O)c1ccc(C)cc1C. The number of aryl methyl sites for hydroxylation is 2. The van der Waals surface area contributed by atoms with E-state index in [1.54, 1.807) is 7.11 Å². The topological polar surface area (TPSA) is 50.4 Å². The van der Waals surface area contributed by atoms with Gasteiger partial charge in [-0.05, 0) is 25.5 Å². The average Bonchev–Trinajstić information content (AvgIpc) is 2.33. The van der Waals surface area contributed by atoms with E-state index in [0.717, 1.165) is 24.2 Å². The highest BCUT2D eigenvalue weighted by Gasteiger charge is 2.07. The summed E-state index contributed by atoms with van der Waals surface area (Å²) in [4.78, 5) is 11.9. The number of carbonyl (C=O) groups excluding carboxylic acids is 1. The first-order valence-electron chi connectivity index (χ1n) is 6.20. The predicted octanol–water partition coefficient (Wildman–Crippen LogP) is 1.27. The lowest BCUT2D eigenvalue weighted by Gasteiger charge is -2.09. The molecule has 0 saturated heterocycles. The van der Waals surface area contributed by atoms with Crippen LogP contribution in [-0.4, -0.2) is 39.3 Å². The smallest absolute Gasteiger partial charge is 0.251 e. The van der Waals surface area contributed by atoms with Crippen LogP contribution in [0.4, 0.5) is 0 Å². The van der Waals surface area contributed by atoms with Gasteiger partial charge in [-0.15, -0.1) is 0 Å². The maximum Gasteiger partial charge on any atom is 0.251 e. The molecule has 0 unspecified atom stereocenters. The van der Waals surface area contributed by atoms with Crippen LogP contribution in [0, 0.1) is 13.8 Å². The van der Waals surface area contributed by atoms with Gasteiger partial charge in [0.15, 0.2) is 0 Å². The summed E-state index contributed by atoms with van der Waals surface area (Å²) in [6.45, 7) is 6.84. The van der Waals surface area contributed by atoms with E-state index in [1.165, 1.54) is 5.56 Å². The van der Waals surface area contributed by atoms with Crippen molar-refractivity contribution in [2.75, 3.05) is 33.4 Å². The molecule has 0 spiro atoms. The summed E-state index contributed by atoms with van der Waals surface area (Å²) < 4.78 is 4.92. The Balaban J connectivity index is 2.32. The van der Waals surface area contributed by atoms with Crippen LogP contribution < -0.4 is 10.6 Å². The summed E-state index contributed by atoms with van der Waals surface area (Å²) in [6, 6.07) is 5.85. The summed E-state index contributed by atoms with van der Waals surface area (Å²) in [5.74, 6) is -0.0129. The molecule has 0 aromatic heterocycles. The van der Waals surface area contributed by atoms with Gasteiger partial charge in [0.2, 0.25) is 0 Å². The van der Waals surface area contributed by atoms with E-state index >= 15 is 0 Å². The van der Waals surface area contributed by atoms with Gasteiger partial charge in [-0.25, -0.2) is 0 Å². The van der Waals surface area contributed by atoms with E-state index in [0.29, 0.717) is 13.2 Å². The molecule has 0 saturated carbocycles. The molecule has 0 aliphatic heterocycles. The molecule has 1 amide bonds. The first kappa shape index (κ1) is 14.7. The van der Waals surface area contributed by atoms with Crippen molar-refractivity contribution in [3.05, 3.63) is 34.9 Å². The van der Waals surface area contributed by atoms with E-state index < -0.39 is 0 Å².